The number of alkyl carbamates (subject to hydrolysis) is 1. The van der Waals surface area contributed by atoms with Crippen LogP contribution in [0.4, 0.5) is 4.79 Å². The number of hydrogen-bond acceptors (Lipinski definition) is 3. The fourth-order valence-electron chi connectivity index (χ4n) is 1.65. The third-order valence-electron chi connectivity index (χ3n) is 2.61. The van der Waals surface area contributed by atoms with Crippen molar-refractivity contribution in [1.82, 2.24) is 5.32 Å². The first-order chi connectivity index (χ1) is 9.31. The van der Waals surface area contributed by atoms with Crippen LogP contribution in [0.1, 0.15) is 37.5 Å². The molecule has 0 saturated heterocycles. The summed E-state index contributed by atoms with van der Waals surface area (Å²) >= 11 is 0. The first-order valence-corrected chi connectivity index (χ1v) is 6.65. The molecule has 0 saturated carbocycles. The van der Waals surface area contributed by atoms with E-state index in [4.69, 9.17) is 9.84 Å². The second-order valence-corrected chi connectivity index (χ2v) is 5.63. The van der Waals surface area contributed by atoms with E-state index in [-0.39, 0.29) is 6.61 Å². The van der Waals surface area contributed by atoms with Crippen molar-refractivity contribution in [2.24, 2.45) is 0 Å². The van der Waals surface area contributed by atoms with E-state index in [1.165, 1.54) is 0 Å². The summed E-state index contributed by atoms with van der Waals surface area (Å²) in [5, 5.41) is 11.8. The van der Waals surface area contributed by atoms with Crippen molar-refractivity contribution >= 4 is 12.2 Å². The lowest BCUT2D eigenvalue weighted by molar-refractivity contribution is 0.0534. The quantitative estimate of drug-likeness (QED) is 0.889. The summed E-state index contributed by atoms with van der Waals surface area (Å²) in [6.45, 7) is 7.91. The summed E-state index contributed by atoms with van der Waals surface area (Å²) in [5.41, 5.74) is 2.53. The lowest BCUT2D eigenvalue weighted by Gasteiger charge is -2.19. The molecule has 20 heavy (non-hydrogen) atoms. The van der Waals surface area contributed by atoms with Crippen LogP contribution in [0.25, 0.3) is 6.08 Å². The molecule has 1 rings (SSSR count). The molecular formula is C16H23NO3. The van der Waals surface area contributed by atoms with Crippen LogP contribution in [0, 0.1) is 6.92 Å². The Kier molecular flexibility index (Phi) is 5.77. The van der Waals surface area contributed by atoms with Gasteiger partial charge in [-0.2, -0.15) is 0 Å². The van der Waals surface area contributed by atoms with Gasteiger partial charge in [0.15, 0.2) is 0 Å². The molecule has 0 unspecified atom stereocenters. The minimum Gasteiger partial charge on any atom is -0.444 e. The minimum atomic E-state index is -0.481. The van der Waals surface area contributed by atoms with Gasteiger partial charge in [0.25, 0.3) is 0 Å². The van der Waals surface area contributed by atoms with Gasteiger partial charge in [0, 0.05) is 6.54 Å². The third kappa shape index (κ3) is 5.89. The highest BCUT2D eigenvalue weighted by atomic mass is 16.6. The van der Waals surface area contributed by atoms with Crippen molar-refractivity contribution in [2.75, 3.05) is 6.54 Å². The number of amides is 1. The van der Waals surface area contributed by atoms with Crippen LogP contribution in [0.15, 0.2) is 24.3 Å². The molecule has 0 bridgehead atoms. The van der Waals surface area contributed by atoms with Gasteiger partial charge in [0.2, 0.25) is 0 Å². The van der Waals surface area contributed by atoms with Gasteiger partial charge in [-0.15, -0.1) is 0 Å². The fraction of sp³-hybridized carbons (Fsp3) is 0.438. The summed E-state index contributed by atoms with van der Waals surface area (Å²) in [6, 6.07) is 5.83. The Morgan fingerprint density at radius 1 is 1.40 bits per heavy atom. The fourth-order valence-corrected chi connectivity index (χ4v) is 1.65. The Labute approximate surface area is 120 Å². The Balaban J connectivity index is 2.46. The summed E-state index contributed by atoms with van der Waals surface area (Å²) in [4.78, 5) is 11.4. The second kappa shape index (κ2) is 7.10. The van der Waals surface area contributed by atoms with Gasteiger partial charge in [-0.3, -0.25) is 0 Å². The molecule has 0 radical (unpaired) electrons. The maximum absolute atomic E-state index is 11.4. The van der Waals surface area contributed by atoms with Gasteiger partial charge >= 0.3 is 6.09 Å². The molecule has 0 aliphatic carbocycles. The number of aryl methyl sites for hydroxylation is 1. The molecule has 2 N–H and O–H groups in total. The highest BCUT2D eigenvalue weighted by Crippen LogP contribution is 2.12. The van der Waals surface area contributed by atoms with Crippen LogP contribution in [-0.4, -0.2) is 23.3 Å². The predicted molar refractivity (Wildman–Crippen MR) is 80.4 cm³/mol. The highest BCUT2D eigenvalue weighted by Gasteiger charge is 2.14. The average molecular weight is 277 g/mol. The van der Waals surface area contributed by atoms with E-state index in [1.54, 1.807) is 0 Å². The van der Waals surface area contributed by atoms with E-state index in [0.717, 1.165) is 16.7 Å². The van der Waals surface area contributed by atoms with Gasteiger partial charge < -0.3 is 15.2 Å². The molecular weight excluding hydrogens is 254 g/mol. The molecule has 0 spiro atoms. The lowest BCUT2D eigenvalue weighted by atomic mass is 10.1. The number of aliphatic hydroxyl groups is 1. The molecule has 1 aromatic rings. The molecule has 0 heterocycles. The number of rotatable bonds is 4. The highest BCUT2D eigenvalue weighted by molar-refractivity contribution is 5.68. The molecule has 0 aliphatic rings. The largest absolute Gasteiger partial charge is 0.444 e. The molecule has 4 nitrogen and oxygen atoms in total. The predicted octanol–water partition coefficient (Wildman–Crippen LogP) is 3.03. The Bertz CT molecular complexity index is 487. The van der Waals surface area contributed by atoms with Crippen molar-refractivity contribution in [3.8, 4) is 0 Å². The minimum absolute atomic E-state index is 0.0516. The van der Waals surface area contributed by atoms with E-state index in [0.29, 0.717) is 6.54 Å². The first kappa shape index (κ1) is 16.2. The van der Waals surface area contributed by atoms with E-state index < -0.39 is 11.7 Å². The van der Waals surface area contributed by atoms with Crippen LogP contribution in [0.2, 0.25) is 0 Å². The third-order valence-corrected chi connectivity index (χ3v) is 2.61. The second-order valence-electron chi connectivity index (χ2n) is 5.63. The molecule has 4 heteroatoms. The number of ether oxygens (including phenoxy) is 1. The van der Waals surface area contributed by atoms with Crippen LogP contribution >= 0.6 is 0 Å². The van der Waals surface area contributed by atoms with E-state index in [1.807, 2.05) is 58.0 Å². The molecule has 1 amide bonds. The van der Waals surface area contributed by atoms with Crippen molar-refractivity contribution in [1.29, 1.82) is 0 Å². The van der Waals surface area contributed by atoms with Gasteiger partial charge in [0.05, 0.1) is 6.61 Å². The van der Waals surface area contributed by atoms with Gasteiger partial charge in [-0.05, 0) is 44.4 Å². The molecule has 110 valence electrons. The van der Waals surface area contributed by atoms with Crippen LogP contribution < -0.4 is 5.32 Å². The normalized spacial score (nSPS) is 11.7. The molecule has 0 fully saturated rings. The van der Waals surface area contributed by atoms with Crippen molar-refractivity contribution in [3.63, 3.8) is 0 Å². The Morgan fingerprint density at radius 3 is 2.65 bits per heavy atom. The zero-order valence-electron chi connectivity index (χ0n) is 12.6. The van der Waals surface area contributed by atoms with Gasteiger partial charge in [-0.25, -0.2) is 4.79 Å². The molecule has 0 aliphatic heterocycles. The zero-order chi connectivity index (χ0) is 15.2. The summed E-state index contributed by atoms with van der Waals surface area (Å²) in [5.74, 6) is 0. The Hall–Kier alpha value is -1.81. The molecule has 0 aromatic heterocycles. The van der Waals surface area contributed by atoms with Crippen LogP contribution in [0.3, 0.4) is 0 Å². The summed E-state index contributed by atoms with van der Waals surface area (Å²) < 4.78 is 5.13. The monoisotopic (exact) mass is 277 g/mol. The number of benzene rings is 1. The smallest absolute Gasteiger partial charge is 0.407 e. The maximum atomic E-state index is 11.4. The average Bonchev–Trinajstić information content (AvgIpc) is 2.33. The topological polar surface area (TPSA) is 58.6 Å². The van der Waals surface area contributed by atoms with E-state index in [9.17, 15) is 4.79 Å². The standard InChI is InChI=1S/C16H23NO3/c1-12-10-13(7-8-14(12)11-18)6-5-9-17-15(19)20-16(2,3)4/h5-8,10,18H,9,11H2,1-4H3,(H,17,19). The number of nitrogens with one attached hydrogen (secondary N) is 1. The SMILES string of the molecule is Cc1cc(C=CCNC(=O)OC(C)(C)C)ccc1CO. The first-order valence-electron chi connectivity index (χ1n) is 6.65. The van der Waals surface area contributed by atoms with E-state index in [2.05, 4.69) is 5.32 Å². The summed E-state index contributed by atoms with van der Waals surface area (Å²) in [6.07, 6.45) is 3.36. The van der Waals surface area contributed by atoms with Crippen LogP contribution in [-0.2, 0) is 11.3 Å². The zero-order valence-corrected chi connectivity index (χ0v) is 12.6. The summed E-state index contributed by atoms with van der Waals surface area (Å²) in [7, 11) is 0. The number of carbonyl (C=O) groups is 1. The van der Waals surface area contributed by atoms with Crippen LogP contribution in [0.5, 0.6) is 0 Å². The van der Waals surface area contributed by atoms with Crippen molar-refractivity contribution in [2.45, 2.75) is 39.9 Å². The number of hydrogen-bond donors (Lipinski definition) is 2. The van der Waals surface area contributed by atoms with E-state index >= 15 is 0 Å². The van der Waals surface area contributed by atoms with Crippen molar-refractivity contribution < 1.29 is 14.6 Å². The number of carbonyl (C=O) groups excluding carboxylic acids is 1. The Morgan fingerprint density at radius 2 is 2.10 bits per heavy atom. The molecule has 0 atom stereocenters. The lowest BCUT2D eigenvalue weighted by Crippen LogP contribution is -2.32. The van der Waals surface area contributed by atoms with Gasteiger partial charge in [-0.1, -0.05) is 30.4 Å². The maximum Gasteiger partial charge on any atom is 0.407 e. The molecule has 1 aromatic carbocycles. The van der Waals surface area contributed by atoms with Crippen molar-refractivity contribution in [3.05, 3.63) is 41.0 Å². The number of aliphatic hydroxyl groups excluding tert-OH is 1. The van der Waals surface area contributed by atoms with Gasteiger partial charge in [0.1, 0.15) is 5.60 Å².